The minimum absolute atomic E-state index is 0.140. The molecule has 0 amide bonds. The van der Waals surface area contributed by atoms with Gasteiger partial charge in [0.1, 0.15) is 0 Å². The van der Waals surface area contributed by atoms with Crippen LogP contribution in [0.2, 0.25) is 0 Å². The first-order valence-electron chi connectivity index (χ1n) is 5.28. The lowest BCUT2D eigenvalue weighted by molar-refractivity contribution is 0.310. The number of nitrogens with zero attached hydrogens (tertiary/aromatic N) is 6. The number of hydrogen-bond acceptors (Lipinski definition) is 8. The number of nitrogens with two attached hydrogens (primary N) is 1. The van der Waals surface area contributed by atoms with Gasteiger partial charge in [-0.3, -0.25) is 0 Å². The molecule has 3 rings (SSSR count). The smallest absolute Gasteiger partial charge is 0.235 e. The lowest BCUT2D eigenvalue weighted by Gasteiger charge is -2.13. The molecule has 3 aromatic rings. The maximum absolute atomic E-state index is 5.64. The van der Waals surface area contributed by atoms with Gasteiger partial charge in [0.05, 0.1) is 0 Å². The zero-order valence-corrected chi connectivity index (χ0v) is 10.9. The summed E-state index contributed by atoms with van der Waals surface area (Å²) in [6, 6.07) is 0. The molecule has 0 bridgehead atoms. The van der Waals surface area contributed by atoms with Crippen molar-refractivity contribution in [1.29, 1.82) is 0 Å². The van der Waals surface area contributed by atoms with Gasteiger partial charge in [0.15, 0.2) is 22.3 Å². The summed E-state index contributed by atoms with van der Waals surface area (Å²) in [4.78, 5) is 0.692. The topological polar surface area (TPSA) is 108 Å². The zero-order chi connectivity index (χ0) is 12.9. The standard InChI is InChI=1S/C9H11N7OS/c1-9(2,3)7-11-12-8-16(7)13-6(18-8)4-5(10)15-17-14-4/h1-3H3,(H2,10,15). The number of anilines is 1. The number of aromatic nitrogens is 6. The van der Waals surface area contributed by atoms with Crippen LogP contribution >= 0.6 is 11.3 Å². The molecule has 2 N–H and O–H groups in total. The van der Waals surface area contributed by atoms with Crippen molar-refractivity contribution in [3.8, 4) is 10.7 Å². The van der Waals surface area contributed by atoms with Crippen LogP contribution in [0.4, 0.5) is 5.82 Å². The van der Waals surface area contributed by atoms with Crippen molar-refractivity contribution < 1.29 is 4.63 Å². The van der Waals surface area contributed by atoms with Crippen molar-refractivity contribution in [3.05, 3.63) is 5.82 Å². The minimum Gasteiger partial charge on any atom is -0.379 e. The minimum atomic E-state index is -0.140. The Morgan fingerprint density at radius 3 is 2.61 bits per heavy atom. The fraction of sp³-hybridized carbons (Fsp3) is 0.444. The van der Waals surface area contributed by atoms with E-state index < -0.39 is 0 Å². The normalized spacial score (nSPS) is 12.4. The van der Waals surface area contributed by atoms with E-state index in [0.717, 1.165) is 5.82 Å². The van der Waals surface area contributed by atoms with Gasteiger partial charge in [0.2, 0.25) is 4.96 Å². The maximum Gasteiger partial charge on any atom is 0.235 e. The predicted molar refractivity (Wildman–Crippen MR) is 65.1 cm³/mol. The van der Waals surface area contributed by atoms with Crippen LogP contribution in [0.15, 0.2) is 4.63 Å². The van der Waals surface area contributed by atoms with Gasteiger partial charge < -0.3 is 5.73 Å². The number of hydrogen-bond donors (Lipinski definition) is 1. The third-order valence-corrected chi connectivity index (χ3v) is 3.28. The van der Waals surface area contributed by atoms with E-state index in [2.05, 4.69) is 51.0 Å². The van der Waals surface area contributed by atoms with Crippen LogP contribution < -0.4 is 5.73 Å². The van der Waals surface area contributed by atoms with Crippen LogP contribution in [-0.4, -0.2) is 30.1 Å². The number of rotatable bonds is 1. The third-order valence-electron chi connectivity index (χ3n) is 2.38. The Bertz CT molecular complexity index is 704. The fourth-order valence-corrected chi connectivity index (χ4v) is 2.35. The van der Waals surface area contributed by atoms with Crippen molar-refractivity contribution in [1.82, 2.24) is 30.1 Å². The molecule has 0 atom stereocenters. The van der Waals surface area contributed by atoms with Gasteiger partial charge in [0.25, 0.3) is 0 Å². The van der Waals surface area contributed by atoms with E-state index in [-0.39, 0.29) is 11.2 Å². The van der Waals surface area contributed by atoms with Gasteiger partial charge in [-0.1, -0.05) is 32.1 Å². The summed E-state index contributed by atoms with van der Waals surface area (Å²) in [5, 5.41) is 20.5. The summed E-state index contributed by atoms with van der Waals surface area (Å²) >= 11 is 1.34. The lowest BCUT2D eigenvalue weighted by atomic mass is 9.96. The first-order valence-corrected chi connectivity index (χ1v) is 6.09. The highest BCUT2D eigenvalue weighted by molar-refractivity contribution is 7.19. The Hall–Kier alpha value is -2.03. The molecule has 18 heavy (non-hydrogen) atoms. The lowest BCUT2D eigenvalue weighted by Crippen LogP contribution is -2.16. The van der Waals surface area contributed by atoms with Crippen LogP contribution in [-0.2, 0) is 5.41 Å². The molecule has 0 aliphatic heterocycles. The van der Waals surface area contributed by atoms with E-state index in [1.54, 1.807) is 4.52 Å². The van der Waals surface area contributed by atoms with E-state index >= 15 is 0 Å². The molecule has 3 aromatic heterocycles. The Kier molecular flexibility index (Phi) is 2.14. The summed E-state index contributed by atoms with van der Waals surface area (Å²) in [7, 11) is 0. The van der Waals surface area contributed by atoms with Gasteiger partial charge in [-0.25, -0.2) is 4.63 Å². The molecule has 0 unspecified atom stereocenters. The molecule has 0 aliphatic carbocycles. The molecule has 0 saturated carbocycles. The molecule has 0 fully saturated rings. The molecular weight excluding hydrogens is 254 g/mol. The van der Waals surface area contributed by atoms with E-state index in [9.17, 15) is 0 Å². The highest BCUT2D eigenvalue weighted by Crippen LogP contribution is 2.29. The molecule has 9 heteroatoms. The summed E-state index contributed by atoms with van der Waals surface area (Å²) in [6.07, 6.45) is 0. The van der Waals surface area contributed by atoms with Crippen molar-refractivity contribution in [2.75, 3.05) is 5.73 Å². The molecule has 8 nitrogen and oxygen atoms in total. The van der Waals surface area contributed by atoms with Crippen LogP contribution in [0.25, 0.3) is 15.7 Å². The summed E-state index contributed by atoms with van der Waals surface area (Å²) in [5.41, 5.74) is 5.94. The maximum atomic E-state index is 5.64. The van der Waals surface area contributed by atoms with Gasteiger partial charge >= 0.3 is 0 Å². The molecular formula is C9H11N7OS. The monoisotopic (exact) mass is 265 g/mol. The SMILES string of the molecule is CC(C)(C)c1nnc2sc(-c3nonc3N)nn12. The molecule has 0 aliphatic rings. The Morgan fingerprint density at radius 1 is 1.22 bits per heavy atom. The Morgan fingerprint density at radius 2 is 2.00 bits per heavy atom. The largest absolute Gasteiger partial charge is 0.379 e. The zero-order valence-electron chi connectivity index (χ0n) is 10.1. The van der Waals surface area contributed by atoms with E-state index in [1.165, 1.54) is 11.3 Å². The Labute approximate surface area is 106 Å². The van der Waals surface area contributed by atoms with E-state index in [4.69, 9.17) is 5.73 Å². The second-order valence-electron chi connectivity index (χ2n) is 4.87. The number of nitrogen functional groups attached to an aromatic ring is 1. The van der Waals surface area contributed by atoms with Crippen molar-refractivity contribution in [2.24, 2.45) is 0 Å². The van der Waals surface area contributed by atoms with Crippen molar-refractivity contribution in [2.45, 2.75) is 26.2 Å². The summed E-state index contributed by atoms with van der Waals surface area (Å²) in [6.45, 7) is 6.15. The predicted octanol–water partition coefficient (Wildman–Crippen LogP) is 1.12. The number of fused-ring (bicyclic) bond motifs is 1. The van der Waals surface area contributed by atoms with Gasteiger partial charge in [0, 0.05) is 5.41 Å². The highest BCUT2D eigenvalue weighted by atomic mass is 32.1. The van der Waals surface area contributed by atoms with E-state index in [1.807, 2.05) is 0 Å². The molecule has 0 saturated heterocycles. The molecule has 94 valence electrons. The third kappa shape index (κ3) is 1.55. The molecule has 3 heterocycles. The average molecular weight is 265 g/mol. The van der Waals surface area contributed by atoms with Gasteiger partial charge in [-0.15, -0.1) is 10.2 Å². The summed E-state index contributed by atoms with van der Waals surface area (Å²) < 4.78 is 6.27. The van der Waals surface area contributed by atoms with Crippen LogP contribution in [0.5, 0.6) is 0 Å². The first kappa shape index (κ1) is 11.1. The Balaban J connectivity index is 2.19. The second-order valence-corrected chi connectivity index (χ2v) is 5.83. The van der Waals surface area contributed by atoms with Gasteiger partial charge in [-0.05, 0) is 10.3 Å². The van der Waals surface area contributed by atoms with Gasteiger partial charge in [-0.2, -0.15) is 9.61 Å². The fourth-order valence-electron chi connectivity index (χ4n) is 1.52. The van der Waals surface area contributed by atoms with Crippen molar-refractivity contribution in [3.63, 3.8) is 0 Å². The highest BCUT2D eigenvalue weighted by Gasteiger charge is 2.24. The van der Waals surface area contributed by atoms with E-state index in [0.29, 0.717) is 15.7 Å². The molecule has 0 aromatic carbocycles. The molecule has 0 radical (unpaired) electrons. The quantitative estimate of drug-likeness (QED) is 0.702. The first-order chi connectivity index (χ1) is 8.47. The van der Waals surface area contributed by atoms with Crippen LogP contribution in [0, 0.1) is 0 Å². The van der Waals surface area contributed by atoms with Crippen molar-refractivity contribution >= 4 is 22.1 Å². The molecule has 0 spiro atoms. The average Bonchev–Trinajstić information content (AvgIpc) is 2.87. The summed E-state index contributed by atoms with van der Waals surface area (Å²) in [5.74, 6) is 1.01. The van der Waals surface area contributed by atoms with Crippen LogP contribution in [0.1, 0.15) is 26.6 Å². The van der Waals surface area contributed by atoms with Crippen LogP contribution in [0.3, 0.4) is 0 Å². The second kappa shape index (κ2) is 3.48.